The predicted molar refractivity (Wildman–Crippen MR) is 140 cm³/mol. The van der Waals surface area contributed by atoms with Crippen LogP contribution in [-0.4, -0.2) is 28.6 Å². The summed E-state index contributed by atoms with van der Waals surface area (Å²) in [5, 5.41) is 7.62. The summed E-state index contributed by atoms with van der Waals surface area (Å²) in [4.78, 5) is 15.9. The summed E-state index contributed by atoms with van der Waals surface area (Å²) >= 11 is 0. The molecule has 0 fully saturated rings. The largest absolute Gasteiger partial charge is 0.491 e. The zero-order chi connectivity index (χ0) is 24.9. The number of para-hydroxylation sites is 2. The van der Waals surface area contributed by atoms with Crippen LogP contribution in [0.5, 0.6) is 5.75 Å². The minimum atomic E-state index is -0.167. The SMILES string of the molecule is Cc1noc(C)c1CC(=O)N1Cc2ccccc2NCc2ccccc2OC[C@@H]1Cc1ccccc1. The Hall–Kier alpha value is -4.06. The molecule has 4 aromatic rings. The van der Waals surface area contributed by atoms with Gasteiger partial charge in [-0.3, -0.25) is 4.79 Å². The van der Waals surface area contributed by atoms with Gasteiger partial charge in [-0.15, -0.1) is 0 Å². The molecule has 0 aliphatic carbocycles. The maximum Gasteiger partial charge on any atom is 0.227 e. The molecule has 1 aromatic heterocycles. The van der Waals surface area contributed by atoms with E-state index in [1.807, 2.05) is 67.3 Å². The minimum Gasteiger partial charge on any atom is -0.491 e. The number of aryl methyl sites for hydroxylation is 2. The number of nitrogens with zero attached hydrogens (tertiary/aromatic N) is 2. The highest BCUT2D eigenvalue weighted by atomic mass is 16.5. The molecular weight excluding hydrogens is 450 g/mol. The van der Waals surface area contributed by atoms with E-state index in [0.29, 0.717) is 31.9 Å². The number of benzene rings is 3. The third kappa shape index (κ3) is 5.28. The Labute approximate surface area is 211 Å². The number of nitrogens with one attached hydrogen (secondary N) is 1. The van der Waals surface area contributed by atoms with Crippen molar-refractivity contribution in [2.45, 2.75) is 45.8 Å². The number of hydrogen-bond acceptors (Lipinski definition) is 5. The predicted octanol–water partition coefficient (Wildman–Crippen LogP) is 5.48. The number of amides is 1. The van der Waals surface area contributed by atoms with Crippen LogP contribution in [0.25, 0.3) is 0 Å². The molecule has 1 atom stereocenters. The molecule has 2 heterocycles. The Morgan fingerprint density at radius 1 is 0.972 bits per heavy atom. The fourth-order valence-corrected chi connectivity index (χ4v) is 4.75. The third-order valence-corrected chi connectivity index (χ3v) is 6.82. The molecular formula is C30H31N3O3. The Balaban J connectivity index is 1.55. The Kier molecular flexibility index (Phi) is 7.03. The van der Waals surface area contributed by atoms with E-state index in [1.165, 1.54) is 0 Å². The van der Waals surface area contributed by atoms with Crippen LogP contribution < -0.4 is 10.1 Å². The Bertz CT molecular complexity index is 1310. The number of anilines is 1. The summed E-state index contributed by atoms with van der Waals surface area (Å²) in [5.74, 6) is 1.54. The van der Waals surface area contributed by atoms with Crippen molar-refractivity contribution < 1.29 is 14.1 Å². The van der Waals surface area contributed by atoms with Crippen LogP contribution in [0.15, 0.2) is 83.4 Å². The first-order valence-corrected chi connectivity index (χ1v) is 12.4. The van der Waals surface area contributed by atoms with Crippen LogP contribution in [0.1, 0.15) is 33.7 Å². The van der Waals surface area contributed by atoms with E-state index in [0.717, 1.165) is 39.4 Å². The first-order chi connectivity index (χ1) is 17.6. The zero-order valence-corrected chi connectivity index (χ0v) is 20.7. The summed E-state index contributed by atoms with van der Waals surface area (Å²) in [6.07, 6.45) is 0.921. The van der Waals surface area contributed by atoms with Crippen LogP contribution in [0.3, 0.4) is 0 Å². The van der Waals surface area contributed by atoms with Gasteiger partial charge in [0.2, 0.25) is 5.91 Å². The van der Waals surface area contributed by atoms with Crippen molar-refractivity contribution >= 4 is 11.6 Å². The smallest absolute Gasteiger partial charge is 0.227 e. The second kappa shape index (κ2) is 10.7. The molecule has 6 heteroatoms. The Morgan fingerprint density at radius 3 is 2.47 bits per heavy atom. The van der Waals surface area contributed by atoms with E-state index < -0.39 is 0 Å². The van der Waals surface area contributed by atoms with Crippen molar-refractivity contribution in [3.05, 3.63) is 113 Å². The lowest BCUT2D eigenvalue weighted by atomic mass is 10.0. The Morgan fingerprint density at radius 2 is 1.69 bits per heavy atom. The van der Waals surface area contributed by atoms with Crippen LogP contribution in [-0.2, 0) is 30.7 Å². The number of carbonyl (C=O) groups excluding carboxylic acids is 1. The van der Waals surface area contributed by atoms with Gasteiger partial charge in [-0.1, -0.05) is 71.9 Å². The van der Waals surface area contributed by atoms with Gasteiger partial charge in [0.05, 0.1) is 18.2 Å². The molecule has 5 rings (SSSR count). The van der Waals surface area contributed by atoms with Crippen LogP contribution in [0.2, 0.25) is 0 Å². The number of carbonyl (C=O) groups is 1. The first-order valence-electron chi connectivity index (χ1n) is 12.4. The molecule has 1 aliphatic rings. The van der Waals surface area contributed by atoms with Crippen LogP contribution in [0.4, 0.5) is 5.69 Å². The number of fused-ring (bicyclic) bond motifs is 2. The number of ether oxygens (including phenoxy) is 1. The topological polar surface area (TPSA) is 67.6 Å². The third-order valence-electron chi connectivity index (χ3n) is 6.82. The quantitative estimate of drug-likeness (QED) is 0.418. The van der Waals surface area contributed by atoms with Gasteiger partial charge in [-0.25, -0.2) is 0 Å². The average Bonchev–Trinajstić information content (AvgIpc) is 3.20. The molecule has 0 saturated carbocycles. The van der Waals surface area contributed by atoms with Gasteiger partial charge in [0.25, 0.3) is 0 Å². The molecule has 0 bridgehead atoms. The van der Waals surface area contributed by atoms with Crippen molar-refractivity contribution in [3.63, 3.8) is 0 Å². The van der Waals surface area contributed by atoms with Gasteiger partial charge >= 0.3 is 0 Å². The van der Waals surface area contributed by atoms with Crippen LogP contribution >= 0.6 is 0 Å². The van der Waals surface area contributed by atoms with E-state index >= 15 is 0 Å². The van der Waals surface area contributed by atoms with E-state index in [9.17, 15) is 4.79 Å². The van der Waals surface area contributed by atoms with E-state index in [4.69, 9.17) is 9.26 Å². The van der Waals surface area contributed by atoms with Crippen molar-refractivity contribution in [2.24, 2.45) is 0 Å². The highest BCUT2D eigenvalue weighted by Gasteiger charge is 2.28. The summed E-state index contributed by atoms with van der Waals surface area (Å²) in [6, 6.07) is 26.4. The molecule has 1 aliphatic heterocycles. The molecule has 0 unspecified atom stereocenters. The zero-order valence-electron chi connectivity index (χ0n) is 20.7. The standard InChI is InChI=1S/C30H31N3O3/c1-21-27(22(2)36-32-21)17-30(34)33-19-25-13-6-8-14-28(25)31-18-24-12-7-9-15-29(24)35-20-26(33)16-23-10-4-3-5-11-23/h3-15,26,31H,16-20H2,1-2H3/t26-/m0/s1. The molecule has 0 spiro atoms. The maximum atomic E-state index is 14.0. The van der Waals surface area contributed by atoms with Crippen molar-refractivity contribution in [3.8, 4) is 5.75 Å². The number of hydrogen-bond donors (Lipinski definition) is 1. The second-order valence-corrected chi connectivity index (χ2v) is 9.27. The average molecular weight is 482 g/mol. The maximum absolute atomic E-state index is 14.0. The van der Waals surface area contributed by atoms with E-state index in [2.05, 4.69) is 40.8 Å². The summed E-state index contributed by atoms with van der Waals surface area (Å²) in [6.45, 7) is 5.25. The molecule has 1 amide bonds. The van der Waals surface area contributed by atoms with Crippen molar-refractivity contribution in [1.82, 2.24) is 10.1 Å². The molecule has 184 valence electrons. The monoisotopic (exact) mass is 481 g/mol. The molecule has 0 saturated heterocycles. The summed E-state index contributed by atoms with van der Waals surface area (Å²) in [7, 11) is 0. The lowest BCUT2D eigenvalue weighted by Crippen LogP contribution is -2.45. The van der Waals surface area contributed by atoms with Crippen molar-refractivity contribution in [1.29, 1.82) is 0 Å². The molecule has 0 radical (unpaired) electrons. The normalized spacial score (nSPS) is 15.6. The van der Waals surface area contributed by atoms with Crippen LogP contribution in [0, 0.1) is 13.8 Å². The summed E-state index contributed by atoms with van der Waals surface area (Å²) < 4.78 is 11.7. The first kappa shape index (κ1) is 23.7. The second-order valence-electron chi connectivity index (χ2n) is 9.27. The number of rotatable bonds is 4. The lowest BCUT2D eigenvalue weighted by Gasteiger charge is -2.33. The van der Waals surface area contributed by atoms with Gasteiger partial charge in [-0.05, 0) is 43.5 Å². The van der Waals surface area contributed by atoms with E-state index in [-0.39, 0.29) is 18.4 Å². The highest BCUT2D eigenvalue weighted by molar-refractivity contribution is 5.80. The van der Waals surface area contributed by atoms with E-state index in [1.54, 1.807) is 0 Å². The van der Waals surface area contributed by atoms with Gasteiger partial charge in [0, 0.05) is 29.9 Å². The molecule has 6 nitrogen and oxygen atoms in total. The van der Waals surface area contributed by atoms with Gasteiger partial charge in [-0.2, -0.15) is 0 Å². The van der Waals surface area contributed by atoms with Gasteiger partial charge in [0.1, 0.15) is 18.1 Å². The summed E-state index contributed by atoms with van der Waals surface area (Å²) in [5.41, 5.74) is 5.94. The van der Waals surface area contributed by atoms with Gasteiger partial charge < -0.3 is 19.5 Å². The molecule has 1 N–H and O–H groups in total. The highest BCUT2D eigenvalue weighted by Crippen LogP contribution is 2.27. The fourth-order valence-electron chi connectivity index (χ4n) is 4.75. The fraction of sp³-hybridized carbons (Fsp3) is 0.267. The lowest BCUT2D eigenvalue weighted by molar-refractivity contribution is -0.134. The van der Waals surface area contributed by atoms with Gasteiger partial charge in [0.15, 0.2) is 0 Å². The minimum absolute atomic E-state index is 0.0243. The number of aromatic nitrogens is 1. The molecule has 36 heavy (non-hydrogen) atoms. The van der Waals surface area contributed by atoms with Crippen molar-refractivity contribution in [2.75, 3.05) is 11.9 Å². The molecule has 3 aromatic carbocycles.